The van der Waals surface area contributed by atoms with Gasteiger partial charge >= 0.3 is 5.69 Å². The molecule has 0 fully saturated rings. The third-order valence-electron chi connectivity index (χ3n) is 2.81. The fourth-order valence-corrected chi connectivity index (χ4v) is 2.96. The second-order valence-corrected chi connectivity index (χ2v) is 5.85. The van der Waals surface area contributed by atoms with Crippen LogP contribution >= 0.6 is 22.9 Å². The van der Waals surface area contributed by atoms with Gasteiger partial charge in [-0.05, 0) is 37.3 Å². The molecule has 1 aromatic carbocycles. The summed E-state index contributed by atoms with van der Waals surface area (Å²) in [5.41, 5.74) is -0.311. The normalized spacial score (nSPS) is 11.1. The Kier molecular flexibility index (Phi) is 2.80. The molecule has 0 bridgehead atoms. The van der Waals surface area contributed by atoms with Crippen LogP contribution in [0.4, 0.5) is 0 Å². The summed E-state index contributed by atoms with van der Waals surface area (Å²) in [6.07, 6.45) is 0. The first-order chi connectivity index (χ1) is 9.06. The van der Waals surface area contributed by atoms with E-state index in [-0.39, 0.29) is 5.56 Å². The summed E-state index contributed by atoms with van der Waals surface area (Å²) in [7, 11) is 0. The zero-order valence-electron chi connectivity index (χ0n) is 9.94. The number of nitrogens with one attached hydrogen (secondary N) is 1. The van der Waals surface area contributed by atoms with Crippen molar-refractivity contribution in [1.82, 2.24) is 9.55 Å². The Bertz CT molecular complexity index is 892. The molecule has 0 atom stereocenters. The van der Waals surface area contributed by atoms with Gasteiger partial charge in [0.15, 0.2) is 0 Å². The van der Waals surface area contributed by atoms with Crippen molar-refractivity contribution in [3.05, 3.63) is 61.1 Å². The molecule has 4 nitrogen and oxygen atoms in total. The molecule has 0 saturated heterocycles. The van der Waals surface area contributed by atoms with Crippen molar-refractivity contribution in [1.29, 1.82) is 0 Å². The van der Waals surface area contributed by atoms with E-state index in [0.717, 1.165) is 9.44 Å². The first kappa shape index (κ1) is 12.2. The van der Waals surface area contributed by atoms with Gasteiger partial charge in [-0.2, -0.15) is 0 Å². The van der Waals surface area contributed by atoms with Gasteiger partial charge in [0.25, 0.3) is 5.56 Å². The predicted octanol–water partition coefficient (Wildman–Crippen LogP) is 2.70. The maximum absolute atomic E-state index is 12.4. The highest BCUT2D eigenvalue weighted by Crippen LogP contribution is 2.18. The molecular weight excluding hydrogens is 284 g/mol. The van der Waals surface area contributed by atoms with E-state index >= 15 is 0 Å². The van der Waals surface area contributed by atoms with Crippen molar-refractivity contribution in [2.24, 2.45) is 0 Å². The Balaban J connectivity index is 2.43. The van der Waals surface area contributed by atoms with Crippen LogP contribution in [0.3, 0.4) is 0 Å². The molecule has 1 N–H and O–H groups in total. The number of aromatic amines is 1. The fourth-order valence-electron chi connectivity index (χ4n) is 1.93. The lowest BCUT2D eigenvalue weighted by atomic mass is 10.2. The number of benzene rings is 1. The Morgan fingerprint density at radius 2 is 2.00 bits per heavy atom. The first-order valence-electron chi connectivity index (χ1n) is 5.58. The molecule has 0 aliphatic heterocycles. The van der Waals surface area contributed by atoms with Crippen LogP contribution in [-0.2, 0) is 0 Å². The Morgan fingerprint density at radius 3 is 2.68 bits per heavy atom. The van der Waals surface area contributed by atoms with Crippen molar-refractivity contribution < 1.29 is 0 Å². The number of H-pyrrole nitrogens is 1. The molecule has 0 spiro atoms. The van der Waals surface area contributed by atoms with E-state index in [2.05, 4.69) is 4.98 Å². The van der Waals surface area contributed by atoms with Crippen molar-refractivity contribution in [3.8, 4) is 5.00 Å². The summed E-state index contributed by atoms with van der Waals surface area (Å²) in [6.45, 7) is 1.92. The largest absolute Gasteiger partial charge is 0.334 e. The number of aromatic nitrogens is 2. The van der Waals surface area contributed by atoms with E-state index in [1.54, 1.807) is 24.3 Å². The summed E-state index contributed by atoms with van der Waals surface area (Å²) in [5.74, 6) is 0. The Labute approximate surface area is 116 Å². The molecule has 96 valence electrons. The molecule has 2 aromatic heterocycles. The van der Waals surface area contributed by atoms with Gasteiger partial charge in [0.1, 0.15) is 5.00 Å². The lowest BCUT2D eigenvalue weighted by Crippen LogP contribution is -2.32. The maximum Gasteiger partial charge on any atom is 0.334 e. The fraction of sp³-hybridized carbons (Fsp3) is 0.0769. The zero-order valence-corrected chi connectivity index (χ0v) is 11.5. The average molecular weight is 293 g/mol. The van der Waals surface area contributed by atoms with Crippen LogP contribution in [0.25, 0.3) is 15.9 Å². The molecule has 0 aliphatic rings. The van der Waals surface area contributed by atoms with Crippen molar-refractivity contribution in [2.75, 3.05) is 0 Å². The van der Waals surface area contributed by atoms with Crippen LogP contribution < -0.4 is 11.2 Å². The highest BCUT2D eigenvalue weighted by molar-refractivity contribution is 7.14. The number of aryl methyl sites for hydroxylation is 1. The van der Waals surface area contributed by atoms with Crippen molar-refractivity contribution in [3.63, 3.8) is 0 Å². The van der Waals surface area contributed by atoms with Gasteiger partial charge in [0.2, 0.25) is 0 Å². The molecule has 0 aliphatic carbocycles. The highest BCUT2D eigenvalue weighted by atomic mass is 35.5. The van der Waals surface area contributed by atoms with Crippen LogP contribution in [-0.4, -0.2) is 9.55 Å². The number of thiophene rings is 1. The molecule has 19 heavy (non-hydrogen) atoms. The third kappa shape index (κ3) is 2.01. The minimum absolute atomic E-state index is 0.358. The van der Waals surface area contributed by atoms with Crippen LogP contribution in [0.5, 0.6) is 0 Å². The lowest BCUT2D eigenvalue weighted by Gasteiger charge is -2.04. The minimum Gasteiger partial charge on any atom is -0.306 e. The molecule has 0 unspecified atom stereocenters. The van der Waals surface area contributed by atoms with Gasteiger partial charge in [-0.25, -0.2) is 9.36 Å². The number of nitrogens with zero attached hydrogens (tertiary/aromatic N) is 1. The highest BCUT2D eigenvalue weighted by Gasteiger charge is 2.11. The van der Waals surface area contributed by atoms with Gasteiger partial charge in [-0.15, -0.1) is 11.3 Å². The summed E-state index contributed by atoms with van der Waals surface area (Å²) in [4.78, 5) is 28.2. The molecule has 6 heteroatoms. The standard InChI is InChI=1S/C13H9ClN2O2S/c1-7-2-5-11(19-7)16-12(17)9-6-8(14)3-4-10(9)15-13(16)18/h2-6H,1H3,(H,15,18). The average Bonchev–Trinajstić information content (AvgIpc) is 2.77. The van der Waals surface area contributed by atoms with Crippen LogP contribution in [0.1, 0.15) is 4.88 Å². The van der Waals surface area contributed by atoms with Crippen molar-refractivity contribution >= 4 is 33.8 Å². The van der Waals surface area contributed by atoms with Gasteiger partial charge in [-0.1, -0.05) is 11.6 Å². The monoisotopic (exact) mass is 292 g/mol. The predicted molar refractivity (Wildman–Crippen MR) is 77.8 cm³/mol. The molecule has 3 rings (SSSR count). The lowest BCUT2D eigenvalue weighted by molar-refractivity contribution is 0.917. The van der Waals surface area contributed by atoms with Crippen LogP contribution in [0.2, 0.25) is 5.02 Å². The summed E-state index contributed by atoms with van der Waals surface area (Å²) < 4.78 is 1.14. The minimum atomic E-state index is -0.443. The molecule has 0 amide bonds. The van der Waals surface area contributed by atoms with E-state index in [1.165, 1.54) is 11.3 Å². The van der Waals surface area contributed by atoms with E-state index in [9.17, 15) is 9.59 Å². The summed E-state index contributed by atoms with van der Waals surface area (Å²) >= 11 is 7.29. The number of rotatable bonds is 1. The Morgan fingerprint density at radius 1 is 1.21 bits per heavy atom. The molecule has 2 heterocycles. The smallest absolute Gasteiger partial charge is 0.306 e. The van der Waals surface area contributed by atoms with Crippen molar-refractivity contribution in [2.45, 2.75) is 6.92 Å². The maximum atomic E-state index is 12.4. The number of fused-ring (bicyclic) bond motifs is 1. The van der Waals surface area contributed by atoms with Crippen LogP contribution in [0.15, 0.2) is 39.9 Å². The second kappa shape index (κ2) is 4.36. The summed E-state index contributed by atoms with van der Waals surface area (Å²) in [6, 6.07) is 8.45. The van der Waals surface area contributed by atoms with E-state index in [1.807, 2.05) is 13.0 Å². The zero-order chi connectivity index (χ0) is 13.6. The number of halogens is 1. The third-order valence-corrected chi connectivity index (χ3v) is 4.03. The van der Waals surface area contributed by atoms with Gasteiger partial charge in [0, 0.05) is 9.90 Å². The SMILES string of the molecule is Cc1ccc(-n2c(=O)[nH]c3ccc(Cl)cc3c2=O)s1. The molecule has 3 aromatic rings. The Hall–Kier alpha value is -1.85. The molecular formula is C13H9ClN2O2S. The van der Waals surface area contributed by atoms with Crippen LogP contribution in [0, 0.1) is 6.92 Å². The second-order valence-electron chi connectivity index (χ2n) is 4.14. The van der Waals surface area contributed by atoms with Gasteiger partial charge < -0.3 is 4.98 Å². The van der Waals surface area contributed by atoms with E-state index in [4.69, 9.17) is 11.6 Å². The number of hydrogen-bond acceptors (Lipinski definition) is 3. The molecule has 0 radical (unpaired) electrons. The van der Waals surface area contributed by atoms with E-state index < -0.39 is 5.69 Å². The molecule has 0 saturated carbocycles. The topological polar surface area (TPSA) is 54.9 Å². The van der Waals surface area contributed by atoms with Gasteiger partial charge in [-0.3, -0.25) is 4.79 Å². The first-order valence-corrected chi connectivity index (χ1v) is 6.77. The quantitative estimate of drug-likeness (QED) is 0.750. The van der Waals surface area contributed by atoms with Gasteiger partial charge in [0.05, 0.1) is 10.9 Å². The van der Waals surface area contributed by atoms with E-state index in [0.29, 0.717) is 20.9 Å². The summed E-state index contributed by atoms with van der Waals surface area (Å²) in [5, 5.41) is 1.47. The number of hydrogen-bond donors (Lipinski definition) is 1.